The second kappa shape index (κ2) is 11.2. The van der Waals surface area contributed by atoms with Crippen LogP contribution in [-0.2, 0) is 22.7 Å². The van der Waals surface area contributed by atoms with E-state index in [0.717, 1.165) is 5.56 Å². The first-order valence-electron chi connectivity index (χ1n) is 10.8. The monoisotopic (exact) mass is 550 g/mol. The van der Waals surface area contributed by atoms with Gasteiger partial charge in [-0.1, -0.05) is 46.9 Å². The SMILES string of the molecule is C=CCN(CC(=O)N(Cc1ccc2c(c1)OCO2)Cc1coc2ccc(Cl)cc2c1=O)C(=O)C(Cl)Cl. The number of rotatable bonds is 9. The van der Waals surface area contributed by atoms with Gasteiger partial charge in [-0.3, -0.25) is 14.4 Å². The predicted molar refractivity (Wildman–Crippen MR) is 137 cm³/mol. The number of carbonyl (C=O) groups excluding carboxylic acids is 2. The lowest BCUT2D eigenvalue weighted by molar-refractivity contribution is -0.140. The predicted octanol–water partition coefficient (Wildman–Crippen LogP) is 4.52. The Bertz CT molecular complexity index is 1370. The maximum absolute atomic E-state index is 13.4. The van der Waals surface area contributed by atoms with Gasteiger partial charge in [-0.25, -0.2) is 0 Å². The van der Waals surface area contributed by atoms with E-state index in [0.29, 0.717) is 27.5 Å². The van der Waals surface area contributed by atoms with Crippen LogP contribution >= 0.6 is 34.8 Å². The van der Waals surface area contributed by atoms with E-state index in [1.54, 1.807) is 30.3 Å². The van der Waals surface area contributed by atoms with E-state index in [2.05, 4.69) is 6.58 Å². The summed E-state index contributed by atoms with van der Waals surface area (Å²) in [5.74, 6) is 0.0777. The zero-order valence-electron chi connectivity index (χ0n) is 18.9. The van der Waals surface area contributed by atoms with E-state index in [9.17, 15) is 14.4 Å². The molecule has 0 fully saturated rings. The molecule has 2 heterocycles. The maximum Gasteiger partial charge on any atom is 0.256 e. The average Bonchev–Trinajstić information content (AvgIpc) is 3.32. The van der Waals surface area contributed by atoms with E-state index < -0.39 is 16.7 Å². The van der Waals surface area contributed by atoms with Crippen molar-refractivity contribution in [3.8, 4) is 11.5 Å². The van der Waals surface area contributed by atoms with Gasteiger partial charge in [0.25, 0.3) is 5.91 Å². The Morgan fingerprint density at radius 3 is 2.58 bits per heavy atom. The topological polar surface area (TPSA) is 89.3 Å². The van der Waals surface area contributed by atoms with Crippen LogP contribution in [0.2, 0.25) is 5.02 Å². The first kappa shape index (κ1) is 25.9. The zero-order chi connectivity index (χ0) is 25.8. The number of ether oxygens (including phenoxy) is 2. The van der Waals surface area contributed by atoms with Crippen molar-refractivity contribution >= 4 is 57.6 Å². The molecule has 2 aromatic carbocycles. The minimum Gasteiger partial charge on any atom is -0.464 e. The standard InChI is InChI=1S/C25H21Cl3N2O6/c1-2-7-29(25(33)24(27)28)12-22(31)30(10-15-3-5-20-21(8-15)36-14-35-20)11-16-13-34-19-6-4-17(26)9-18(19)23(16)32/h2-6,8-9,13,24H,1,7,10-12,14H2. The molecule has 8 nitrogen and oxygen atoms in total. The van der Waals surface area contributed by atoms with Crippen LogP contribution < -0.4 is 14.9 Å². The number of nitrogens with zero attached hydrogens (tertiary/aromatic N) is 2. The molecule has 188 valence electrons. The van der Waals surface area contributed by atoms with Crippen molar-refractivity contribution in [3.63, 3.8) is 0 Å². The molecule has 3 aromatic rings. The molecule has 1 aliphatic heterocycles. The highest BCUT2D eigenvalue weighted by molar-refractivity contribution is 6.53. The van der Waals surface area contributed by atoms with Crippen LogP contribution in [-0.4, -0.2) is 46.3 Å². The summed E-state index contributed by atoms with van der Waals surface area (Å²) in [6.45, 7) is 3.50. The molecule has 0 unspecified atom stereocenters. The number of alkyl halides is 2. The van der Waals surface area contributed by atoms with Crippen molar-refractivity contribution in [2.45, 2.75) is 17.9 Å². The summed E-state index contributed by atoms with van der Waals surface area (Å²) < 4.78 is 16.4. The highest BCUT2D eigenvalue weighted by Crippen LogP contribution is 2.33. The molecule has 0 spiro atoms. The van der Waals surface area contributed by atoms with Crippen LogP contribution in [0.25, 0.3) is 11.0 Å². The Balaban J connectivity index is 1.66. The van der Waals surface area contributed by atoms with Gasteiger partial charge in [-0.15, -0.1) is 6.58 Å². The van der Waals surface area contributed by atoms with Gasteiger partial charge in [0.1, 0.15) is 12.1 Å². The van der Waals surface area contributed by atoms with Gasteiger partial charge >= 0.3 is 0 Å². The van der Waals surface area contributed by atoms with Crippen LogP contribution in [0, 0.1) is 0 Å². The Kier molecular flexibility index (Phi) is 8.08. The van der Waals surface area contributed by atoms with Crippen molar-refractivity contribution in [3.05, 3.63) is 81.7 Å². The van der Waals surface area contributed by atoms with Crippen LogP contribution in [0.3, 0.4) is 0 Å². The fourth-order valence-corrected chi connectivity index (χ4v) is 4.19. The highest BCUT2D eigenvalue weighted by atomic mass is 35.5. The Hall–Kier alpha value is -3.20. The fourth-order valence-electron chi connectivity index (χ4n) is 3.74. The minimum atomic E-state index is -1.34. The summed E-state index contributed by atoms with van der Waals surface area (Å²) in [4.78, 5) is 40.3. The lowest BCUT2D eigenvalue weighted by atomic mass is 10.1. The first-order chi connectivity index (χ1) is 17.3. The van der Waals surface area contributed by atoms with Crippen molar-refractivity contribution in [1.29, 1.82) is 0 Å². The van der Waals surface area contributed by atoms with E-state index in [-0.39, 0.29) is 44.0 Å². The lowest BCUT2D eigenvalue weighted by Crippen LogP contribution is -2.44. The van der Waals surface area contributed by atoms with Gasteiger partial charge in [0.2, 0.25) is 12.7 Å². The van der Waals surface area contributed by atoms with Crippen molar-refractivity contribution in [2.75, 3.05) is 19.9 Å². The highest BCUT2D eigenvalue weighted by Gasteiger charge is 2.26. The molecule has 0 bridgehead atoms. The molecule has 1 aromatic heterocycles. The third kappa shape index (κ3) is 5.78. The number of benzene rings is 2. The largest absolute Gasteiger partial charge is 0.464 e. The van der Waals surface area contributed by atoms with Crippen molar-refractivity contribution in [2.24, 2.45) is 0 Å². The molecule has 0 aliphatic carbocycles. The zero-order valence-corrected chi connectivity index (χ0v) is 21.2. The lowest BCUT2D eigenvalue weighted by Gasteiger charge is -2.27. The van der Waals surface area contributed by atoms with Crippen LogP contribution in [0.15, 0.2) is 64.5 Å². The second-order valence-corrected chi connectivity index (χ2v) is 9.51. The summed E-state index contributed by atoms with van der Waals surface area (Å²) in [6, 6.07) is 10.0. The third-order valence-corrected chi connectivity index (χ3v) is 6.11. The van der Waals surface area contributed by atoms with E-state index in [1.807, 2.05) is 0 Å². The van der Waals surface area contributed by atoms with Gasteiger partial charge in [0.15, 0.2) is 21.8 Å². The van der Waals surface area contributed by atoms with Crippen molar-refractivity contribution in [1.82, 2.24) is 9.80 Å². The number of carbonyl (C=O) groups is 2. The van der Waals surface area contributed by atoms with Crippen molar-refractivity contribution < 1.29 is 23.5 Å². The third-order valence-electron chi connectivity index (χ3n) is 5.50. The van der Waals surface area contributed by atoms with Gasteiger partial charge < -0.3 is 23.7 Å². The van der Waals surface area contributed by atoms with E-state index >= 15 is 0 Å². The summed E-state index contributed by atoms with van der Waals surface area (Å²) in [7, 11) is 0. The van der Waals surface area contributed by atoms with E-state index in [4.69, 9.17) is 48.7 Å². The molecular weight excluding hydrogens is 531 g/mol. The molecule has 1 aliphatic rings. The summed E-state index contributed by atoms with van der Waals surface area (Å²) in [5, 5.41) is 0.682. The van der Waals surface area contributed by atoms with Crippen LogP contribution in [0.5, 0.6) is 11.5 Å². The van der Waals surface area contributed by atoms with Crippen LogP contribution in [0.1, 0.15) is 11.1 Å². The molecular formula is C25H21Cl3N2O6. The summed E-state index contributed by atoms with van der Waals surface area (Å²) in [5.41, 5.74) is 1.03. The normalized spacial score (nSPS) is 12.1. The van der Waals surface area contributed by atoms with Gasteiger partial charge in [0, 0.05) is 18.1 Å². The minimum absolute atomic E-state index is 0.0645. The number of halogens is 3. The Morgan fingerprint density at radius 1 is 1.06 bits per heavy atom. The molecule has 0 atom stereocenters. The quantitative estimate of drug-likeness (QED) is 0.287. The molecule has 4 rings (SSSR count). The smallest absolute Gasteiger partial charge is 0.256 e. The average molecular weight is 552 g/mol. The van der Waals surface area contributed by atoms with Gasteiger partial charge in [-0.05, 0) is 35.9 Å². The second-order valence-electron chi connectivity index (χ2n) is 7.98. The molecule has 0 saturated heterocycles. The molecule has 0 saturated carbocycles. The van der Waals surface area contributed by atoms with Crippen LogP contribution in [0.4, 0.5) is 0 Å². The summed E-state index contributed by atoms with van der Waals surface area (Å²) in [6.07, 6.45) is 2.78. The molecule has 0 radical (unpaired) electrons. The summed E-state index contributed by atoms with van der Waals surface area (Å²) >= 11 is 17.6. The number of hydrogen-bond acceptors (Lipinski definition) is 6. The number of fused-ring (bicyclic) bond motifs is 2. The molecule has 11 heteroatoms. The Morgan fingerprint density at radius 2 is 1.83 bits per heavy atom. The number of hydrogen-bond donors (Lipinski definition) is 0. The maximum atomic E-state index is 13.4. The molecule has 2 amide bonds. The van der Waals surface area contributed by atoms with Gasteiger partial charge in [-0.2, -0.15) is 0 Å². The molecule has 0 N–H and O–H groups in total. The van der Waals surface area contributed by atoms with Gasteiger partial charge in [0.05, 0.1) is 23.8 Å². The Labute approximate surface area is 221 Å². The van der Waals surface area contributed by atoms with E-state index in [1.165, 1.54) is 28.2 Å². The number of amides is 2. The molecule has 36 heavy (non-hydrogen) atoms. The first-order valence-corrected chi connectivity index (χ1v) is 12.1. The fraction of sp³-hybridized carbons (Fsp3) is 0.240.